The number of rotatable bonds is 1. The van der Waals surface area contributed by atoms with Crippen molar-refractivity contribution in [3.63, 3.8) is 0 Å². The molecule has 0 aromatic carbocycles. The average Bonchev–Trinajstić information content (AvgIpc) is 2.26. The van der Waals surface area contributed by atoms with Gasteiger partial charge in [-0.05, 0) is 56.1 Å². The maximum atomic E-state index is 10.2. The third kappa shape index (κ3) is 3.90. The molecule has 0 saturated heterocycles. The minimum atomic E-state index is 0.705. The molecule has 17 heavy (non-hydrogen) atoms. The van der Waals surface area contributed by atoms with E-state index in [9.17, 15) is 5.11 Å². The Morgan fingerprint density at radius 1 is 0.706 bits per heavy atom. The summed E-state index contributed by atoms with van der Waals surface area (Å²) in [5.74, 6) is 0.705. The summed E-state index contributed by atoms with van der Waals surface area (Å²) in [4.78, 5) is 0. The molecule has 96 valence electrons. The molecule has 1 heteroatoms. The fourth-order valence-corrected chi connectivity index (χ4v) is 3.05. The van der Waals surface area contributed by atoms with Crippen LogP contribution in [0.1, 0.15) is 77.0 Å². The van der Waals surface area contributed by atoms with Gasteiger partial charge in [0.15, 0.2) is 0 Å². The molecule has 0 saturated carbocycles. The maximum Gasteiger partial charge on any atom is 0.0957 e. The molecular formula is C16H26O. The van der Waals surface area contributed by atoms with Gasteiger partial charge < -0.3 is 5.11 Å². The van der Waals surface area contributed by atoms with E-state index < -0.39 is 0 Å². The third-order valence-electron chi connectivity index (χ3n) is 4.12. The highest BCUT2D eigenvalue weighted by Crippen LogP contribution is 2.31. The van der Waals surface area contributed by atoms with Gasteiger partial charge in [0, 0.05) is 6.42 Å². The van der Waals surface area contributed by atoms with Crippen LogP contribution in [0.2, 0.25) is 0 Å². The van der Waals surface area contributed by atoms with Crippen LogP contribution in [0.25, 0.3) is 0 Å². The van der Waals surface area contributed by atoms with Crippen molar-refractivity contribution in [1.82, 2.24) is 0 Å². The number of allylic oxidation sites excluding steroid dienone is 4. The maximum absolute atomic E-state index is 10.2. The molecule has 0 bridgehead atoms. The van der Waals surface area contributed by atoms with Crippen LogP contribution >= 0.6 is 0 Å². The standard InChI is InChI=1S/C16H26O/c17-16-13-9-5-4-8-12-15(16)14-10-6-2-1-3-7-11-14/h10,17H,1-9,11-13H2/b14-10+,16-15-. The van der Waals surface area contributed by atoms with Crippen molar-refractivity contribution in [3.8, 4) is 0 Å². The van der Waals surface area contributed by atoms with Crippen LogP contribution in [-0.2, 0) is 0 Å². The van der Waals surface area contributed by atoms with Gasteiger partial charge in [0.2, 0.25) is 0 Å². The van der Waals surface area contributed by atoms with Crippen molar-refractivity contribution < 1.29 is 5.11 Å². The molecule has 0 unspecified atom stereocenters. The van der Waals surface area contributed by atoms with Crippen molar-refractivity contribution in [1.29, 1.82) is 0 Å². The van der Waals surface area contributed by atoms with Gasteiger partial charge in [0.25, 0.3) is 0 Å². The van der Waals surface area contributed by atoms with Gasteiger partial charge in [-0.25, -0.2) is 0 Å². The van der Waals surface area contributed by atoms with E-state index in [2.05, 4.69) is 6.08 Å². The summed E-state index contributed by atoms with van der Waals surface area (Å²) >= 11 is 0. The summed E-state index contributed by atoms with van der Waals surface area (Å²) < 4.78 is 0. The molecule has 0 aliphatic heterocycles. The topological polar surface area (TPSA) is 20.2 Å². The quantitative estimate of drug-likeness (QED) is 0.641. The first-order valence-electron chi connectivity index (χ1n) is 7.48. The zero-order valence-corrected chi connectivity index (χ0v) is 11.0. The second kappa shape index (κ2) is 6.88. The van der Waals surface area contributed by atoms with E-state index in [0.717, 1.165) is 12.8 Å². The summed E-state index contributed by atoms with van der Waals surface area (Å²) in [7, 11) is 0. The minimum absolute atomic E-state index is 0.705. The Hall–Kier alpha value is -0.720. The molecule has 0 heterocycles. The lowest BCUT2D eigenvalue weighted by atomic mass is 9.88. The van der Waals surface area contributed by atoms with Crippen LogP contribution < -0.4 is 0 Å². The van der Waals surface area contributed by atoms with Crippen molar-refractivity contribution in [2.45, 2.75) is 77.0 Å². The fraction of sp³-hybridized carbons (Fsp3) is 0.750. The minimum Gasteiger partial charge on any atom is -0.512 e. The van der Waals surface area contributed by atoms with Crippen molar-refractivity contribution >= 4 is 0 Å². The molecule has 2 rings (SSSR count). The highest BCUT2D eigenvalue weighted by molar-refractivity contribution is 5.33. The van der Waals surface area contributed by atoms with Gasteiger partial charge in [-0.15, -0.1) is 0 Å². The van der Waals surface area contributed by atoms with Gasteiger partial charge in [-0.1, -0.05) is 31.8 Å². The summed E-state index contributed by atoms with van der Waals surface area (Å²) in [5, 5.41) is 10.2. The number of aliphatic hydroxyl groups is 1. The fourth-order valence-electron chi connectivity index (χ4n) is 3.05. The van der Waals surface area contributed by atoms with Crippen molar-refractivity contribution in [2.75, 3.05) is 0 Å². The van der Waals surface area contributed by atoms with Crippen molar-refractivity contribution in [3.05, 3.63) is 23.0 Å². The van der Waals surface area contributed by atoms with Gasteiger partial charge in [-0.3, -0.25) is 0 Å². The van der Waals surface area contributed by atoms with Crippen molar-refractivity contribution in [2.24, 2.45) is 0 Å². The van der Waals surface area contributed by atoms with E-state index >= 15 is 0 Å². The van der Waals surface area contributed by atoms with Crippen LogP contribution in [0.5, 0.6) is 0 Å². The van der Waals surface area contributed by atoms with Crippen LogP contribution in [0.4, 0.5) is 0 Å². The Labute approximate surface area is 106 Å². The smallest absolute Gasteiger partial charge is 0.0957 e. The van der Waals surface area contributed by atoms with E-state index in [-0.39, 0.29) is 0 Å². The molecule has 0 fully saturated rings. The number of aliphatic hydroxyl groups excluding tert-OH is 1. The molecule has 0 radical (unpaired) electrons. The van der Waals surface area contributed by atoms with Crippen LogP contribution in [0.3, 0.4) is 0 Å². The van der Waals surface area contributed by atoms with Gasteiger partial charge in [0.1, 0.15) is 0 Å². The largest absolute Gasteiger partial charge is 0.512 e. The summed E-state index contributed by atoms with van der Waals surface area (Å²) in [5.41, 5.74) is 2.79. The van der Waals surface area contributed by atoms with E-state index in [1.807, 2.05) is 0 Å². The average molecular weight is 234 g/mol. The normalized spacial score (nSPS) is 31.6. The third-order valence-corrected chi connectivity index (χ3v) is 4.12. The summed E-state index contributed by atoms with van der Waals surface area (Å²) in [6.07, 6.45) is 17.3. The first-order valence-corrected chi connectivity index (χ1v) is 7.48. The SMILES string of the molecule is O/C1=C(\C2=C\CCCCCC2)CCCCCC1. The lowest BCUT2D eigenvalue weighted by Crippen LogP contribution is -2.02. The van der Waals surface area contributed by atoms with E-state index in [1.165, 1.54) is 75.4 Å². The molecule has 1 N–H and O–H groups in total. The molecule has 1 nitrogen and oxygen atoms in total. The van der Waals surface area contributed by atoms with E-state index in [1.54, 1.807) is 0 Å². The predicted molar refractivity (Wildman–Crippen MR) is 73.1 cm³/mol. The first-order chi connectivity index (χ1) is 8.38. The molecule has 2 aliphatic rings. The molecule has 0 atom stereocenters. The lowest BCUT2D eigenvalue weighted by molar-refractivity contribution is 0.364. The number of hydrogen-bond acceptors (Lipinski definition) is 1. The zero-order chi connectivity index (χ0) is 11.9. The summed E-state index contributed by atoms with van der Waals surface area (Å²) in [6, 6.07) is 0. The van der Waals surface area contributed by atoms with E-state index in [4.69, 9.17) is 0 Å². The summed E-state index contributed by atoms with van der Waals surface area (Å²) in [6.45, 7) is 0. The molecule has 2 aliphatic carbocycles. The Bertz CT molecular complexity index is 299. The number of hydrogen-bond donors (Lipinski definition) is 1. The second-order valence-electron chi connectivity index (χ2n) is 5.52. The highest BCUT2D eigenvalue weighted by atomic mass is 16.3. The van der Waals surface area contributed by atoms with Crippen LogP contribution in [0.15, 0.2) is 23.0 Å². The van der Waals surface area contributed by atoms with Crippen LogP contribution in [0, 0.1) is 0 Å². The Morgan fingerprint density at radius 3 is 2.18 bits per heavy atom. The Kier molecular flexibility index (Phi) is 5.15. The van der Waals surface area contributed by atoms with Gasteiger partial charge >= 0.3 is 0 Å². The monoisotopic (exact) mass is 234 g/mol. The second-order valence-corrected chi connectivity index (χ2v) is 5.52. The molecule has 0 spiro atoms. The van der Waals surface area contributed by atoms with Gasteiger partial charge in [0.05, 0.1) is 5.76 Å². The molecular weight excluding hydrogens is 208 g/mol. The Balaban J connectivity index is 2.12. The van der Waals surface area contributed by atoms with Gasteiger partial charge in [-0.2, -0.15) is 0 Å². The first kappa shape index (κ1) is 12.7. The molecule has 0 aromatic heterocycles. The Morgan fingerprint density at radius 2 is 1.35 bits per heavy atom. The van der Waals surface area contributed by atoms with E-state index in [0.29, 0.717) is 5.76 Å². The zero-order valence-electron chi connectivity index (χ0n) is 11.0. The molecule has 0 amide bonds. The highest BCUT2D eigenvalue weighted by Gasteiger charge is 2.14. The predicted octanol–water partition coefficient (Wildman–Crippen LogP) is 5.43. The lowest BCUT2D eigenvalue weighted by Gasteiger charge is -2.19. The van der Waals surface area contributed by atoms with Crippen LogP contribution in [-0.4, -0.2) is 5.11 Å². The molecule has 0 aromatic rings.